The van der Waals surface area contributed by atoms with Crippen molar-refractivity contribution in [3.8, 4) is 0 Å². The number of carboxylic acids is 1. The quantitative estimate of drug-likeness (QED) is 0.724. The lowest BCUT2D eigenvalue weighted by atomic mass is 9.48. The Morgan fingerprint density at radius 1 is 1.19 bits per heavy atom. The molecule has 3 aliphatic carbocycles. The van der Waals surface area contributed by atoms with Gasteiger partial charge in [-0.15, -0.1) is 0 Å². The highest BCUT2D eigenvalue weighted by Gasteiger charge is 2.60. The molecule has 0 aromatic carbocycles. The second-order valence-corrected chi connectivity index (χ2v) is 9.69. The third-order valence-corrected chi connectivity index (χ3v) is 8.45. The zero-order chi connectivity index (χ0) is 20.0. The van der Waals surface area contributed by atoms with Crippen molar-refractivity contribution < 1.29 is 24.2 Å². The summed E-state index contributed by atoms with van der Waals surface area (Å²) in [6.07, 6.45) is 6.16. The van der Waals surface area contributed by atoms with Crippen molar-refractivity contribution in [1.29, 1.82) is 0 Å². The van der Waals surface area contributed by atoms with Crippen LogP contribution in [0.15, 0.2) is 0 Å². The maximum Gasteiger partial charge on any atom is 0.303 e. The van der Waals surface area contributed by atoms with E-state index in [1.165, 1.54) is 6.92 Å². The first kappa shape index (κ1) is 20.3. The molecule has 0 aromatic rings. The van der Waals surface area contributed by atoms with Gasteiger partial charge in [0.2, 0.25) is 0 Å². The van der Waals surface area contributed by atoms with E-state index in [0.717, 1.165) is 32.1 Å². The molecule has 0 heterocycles. The van der Waals surface area contributed by atoms with Crippen molar-refractivity contribution in [2.75, 3.05) is 0 Å². The minimum Gasteiger partial charge on any atom is -0.481 e. The Morgan fingerprint density at radius 3 is 2.52 bits per heavy atom. The number of ether oxygens (including phenoxy) is 1. The highest BCUT2D eigenvalue weighted by Crippen LogP contribution is 2.65. The number of hydrogen-bond donors (Lipinski definition) is 1. The van der Waals surface area contributed by atoms with Crippen molar-refractivity contribution in [1.82, 2.24) is 0 Å². The van der Waals surface area contributed by atoms with Gasteiger partial charge in [-0.3, -0.25) is 14.4 Å². The third kappa shape index (κ3) is 3.42. The highest BCUT2D eigenvalue weighted by atomic mass is 16.5. The van der Waals surface area contributed by atoms with Gasteiger partial charge >= 0.3 is 11.9 Å². The number of rotatable bonds is 5. The summed E-state index contributed by atoms with van der Waals surface area (Å²) in [5.74, 6) is 0.910. The van der Waals surface area contributed by atoms with Crippen LogP contribution >= 0.6 is 0 Å². The van der Waals surface area contributed by atoms with Gasteiger partial charge in [-0.2, -0.15) is 0 Å². The Kier molecular flexibility index (Phi) is 5.44. The van der Waals surface area contributed by atoms with Gasteiger partial charge in [-0.25, -0.2) is 0 Å². The summed E-state index contributed by atoms with van der Waals surface area (Å²) in [7, 11) is 0. The van der Waals surface area contributed by atoms with Crippen LogP contribution in [0.25, 0.3) is 0 Å². The molecule has 1 N–H and O–H groups in total. The molecule has 5 nitrogen and oxygen atoms in total. The summed E-state index contributed by atoms with van der Waals surface area (Å²) >= 11 is 0. The van der Waals surface area contributed by atoms with Crippen molar-refractivity contribution in [3.63, 3.8) is 0 Å². The van der Waals surface area contributed by atoms with Crippen molar-refractivity contribution >= 4 is 17.7 Å². The molecular formula is C22H34O5. The average Bonchev–Trinajstić information content (AvgIpc) is 2.93. The number of aliphatic carboxylic acids is 1. The van der Waals surface area contributed by atoms with E-state index in [1.54, 1.807) is 0 Å². The van der Waals surface area contributed by atoms with E-state index in [4.69, 9.17) is 9.84 Å². The lowest BCUT2D eigenvalue weighted by molar-refractivity contribution is -0.157. The van der Waals surface area contributed by atoms with E-state index in [1.807, 2.05) is 13.8 Å². The van der Waals surface area contributed by atoms with Crippen LogP contribution in [0.5, 0.6) is 0 Å². The fourth-order valence-corrected chi connectivity index (χ4v) is 7.12. The summed E-state index contributed by atoms with van der Waals surface area (Å²) < 4.78 is 5.55. The number of carboxylic acid groups (broad SMARTS) is 1. The van der Waals surface area contributed by atoms with Gasteiger partial charge in [0.15, 0.2) is 0 Å². The number of carbonyl (C=O) groups is 3. The Labute approximate surface area is 162 Å². The van der Waals surface area contributed by atoms with E-state index in [2.05, 4.69) is 6.92 Å². The number of Topliss-reactive ketones (excluding diaryl/α,β-unsaturated/α-hetero) is 1. The Hall–Kier alpha value is -1.39. The number of hydrogen-bond acceptors (Lipinski definition) is 4. The van der Waals surface area contributed by atoms with Gasteiger partial charge in [0.05, 0.1) is 0 Å². The molecule has 27 heavy (non-hydrogen) atoms. The molecule has 0 spiro atoms. The summed E-state index contributed by atoms with van der Waals surface area (Å²) in [4.78, 5) is 35.4. The molecule has 0 unspecified atom stereocenters. The van der Waals surface area contributed by atoms with Gasteiger partial charge in [-0.1, -0.05) is 13.8 Å². The fraction of sp³-hybridized carbons (Fsp3) is 0.864. The van der Waals surface area contributed by atoms with Gasteiger partial charge in [0, 0.05) is 31.1 Å². The molecule has 0 amide bonds. The summed E-state index contributed by atoms with van der Waals surface area (Å²) in [5, 5.41) is 9.15. The number of esters is 1. The van der Waals surface area contributed by atoms with Crippen LogP contribution in [0.1, 0.15) is 79.1 Å². The molecule has 0 saturated heterocycles. The second kappa shape index (κ2) is 7.21. The maximum atomic E-state index is 12.8. The molecule has 0 radical (unpaired) electrons. The summed E-state index contributed by atoms with van der Waals surface area (Å²) in [5.41, 5.74) is -0.355. The molecule has 0 bridgehead atoms. The molecule has 3 aliphatic rings. The van der Waals surface area contributed by atoms with E-state index in [-0.39, 0.29) is 29.7 Å². The SMILES string of the molecule is CC(=O)O[C@@H](C)[C@H]1CC[C@H]2[C@H]3CCC(=O)[C@@](C)(CCC(=O)O)[C@@H]3CC[C@]12C. The predicted octanol–water partition coefficient (Wildman–Crippen LogP) is 4.23. The third-order valence-electron chi connectivity index (χ3n) is 8.45. The molecule has 0 aliphatic heterocycles. The van der Waals surface area contributed by atoms with Crippen LogP contribution in [0.2, 0.25) is 0 Å². The predicted molar refractivity (Wildman–Crippen MR) is 101 cm³/mol. The zero-order valence-electron chi connectivity index (χ0n) is 17.1. The second-order valence-electron chi connectivity index (χ2n) is 9.69. The van der Waals surface area contributed by atoms with Gasteiger partial charge < -0.3 is 9.84 Å². The normalized spacial score (nSPS) is 42.1. The van der Waals surface area contributed by atoms with E-state index in [9.17, 15) is 14.4 Å². The maximum absolute atomic E-state index is 12.8. The van der Waals surface area contributed by atoms with Crippen molar-refractivity contribution in [2.24, 2.45) is 34.5 Å². The topological polar surface area (TPSA) is 80.7 Å². The Morgan fingerprint density at radius 2 is 1.89 bits per heavy atom. The van der Waals surface area contributed by atoms with Gasteiger partial charge in [-0.05, 0) is 68.6 Å². The van der Waals surface area contributed by atoms with Crippen LogP contribution in [0.3, 0.4) is 0 Å². The molecule has 7 atom stereocenters. The minimum atomic E-state index is -0.817. The van der Waals surface area contributed by atoms with Crippen molar-refractivity contribution in [2.45, 2.75) is 85.2 Å². The van der Waals surface area contributed by atoms with Crippen LogP contribution in [0.4, 0.5) is 0 Å². The average molecular weight is 379 g/mol. The van der Waals surface area contributed by atoms with E-state index >= 15 is 0 Å². The first-order valence-corrected chi connectivity index (χ1v) is 10.5. The lowest BCUT2D eigenvalue weighted by Gasteiger charge is -2.56. The Balaban J connectivity index is 1.82. The number of fused-ring (bicyclic) bond motifs is 3. The monoisotopic (exact) mass is 378 g/mol. The lowest BCUT2D eigenvalue weighted by Crippen LogP contribution is -2.53. The van der Waals surface area contributed by atoms with Crippen LogP contribution in [-0.4, -0.2) is 28.9 Å². The van der Waals surface area contributed by atoms with Gasteiger partial charge in [0.25, 0.3) is 0 Å². The summed E-state index contributed by atoms with van der Waals surface area (Å²) in [6, 6.07) is 0. The first-order valence-electron chi connectivity index (χ1n) is 10.5. The molecule has 5 heteroatoms. The largest absolute Gasteiger partial charge is 0.481 e. The molecule has 3 rings (SSSR count). The molecular weight excluding hydrogens is 344 g/mol. The number of carbonyl (C=O) groups excluding carboxylic acids is 2. The minimum absolute atomic E-state index is 0.0690. The fourth-order valence-electron chi connectivity index (χ4n) is 7.12. The van der Waals surface area contributed by atoms with E-state index in [0.29, 0.717) is 36.5 Å². The van der Waals surface area contributed by atoms with Gasteiger partial charge in [0.1, 0.15) is 11.9 Å². The zero-order valence-corrected chi connectivity index (χ0v) is 17.1. The Bertz CT molecular complexity index is 628. The summed E-state index contributed by atoms with van der Waals surface area (Å²) in [6.45, 7) is 7.87. The van der Waals surface area contributed by atoms with E-state index < -0.39 is 11.4 Å². The van der Waals surface area contributed by atoms with Crippen LogP contribution < -0.4 is 0 Å². The molecule has 3 saturated carbocycles. The standard InChI is InChI=1S/C22H34O5/c1-13(27-14(2)23)16-6-7-17-15-5-8-19(24)22(4,12-10-20(25)26)18(15)9-11-21(16,17)3/h13,15-18H,5-12H2,1-4H3,(H,25,26)/t13-,15+,16+,17-,18+,21+,22-/m0/s1. The molecule has 152 valence electrons. The van der Waals surface area contributed by atoms with Crippen LogP contribution in [0, 0.1) is 34.5 Å². The van der Waals surface area contributed by atoms with Crippen LogP contribution in [-0.2, 0) is 19.1 Å². The highest BCUT2D eigenvalue weighted by molar-refractivity contribution is 5.86. The smallest absolute Gasteiger partial charge is 0.303 e. The van der Waals surface area contributed by atoms with Crippen molar-refractivity contribution in [3.05, 3.63) is 0 Å². The molecule has 3 fully saturated rings. The number of ketones is 1. The first-order chi connectivity index (χ1) is 12.6. The molecule has 0 aromatic heterocycles.